The van der Waals surface area contributed by atoms with Crippen LogP contribution in [-0.2, 0) is 0 Å². The number of hydrogen-bond acceptors (Lipinski definition) is 2. The maximum absolute atomic E-state index is 7.97. The Morgan fingerprint density at radius 3 is 2.75 bits per heavy atom. The summed E-state index contributed by atoms with van der Waals surface area (Å²) >= 11 is 0. The van der Waals surface area contributed by atoms with E-state index >= 15 is 0 Å². The van der Waals surface area contributed by atoms with Gasteiger partial charge < -0.3 is 5.32 Å². The average molecular weight is 108 g/mol. The Bertz CT molecular complexity index is 128. The van der Waals surface area contributed by atoms with Crippen LogP contribution >= 0.6 is 0 Å². The van der Waals surface area contributed by atoms with Gasteiger partial charge >= 0.3 is 0 Å². The van der Waals surface area contributed by atoms with E-state index in [2.05, 4.69) is 5.32 Å². The second-order valence-electron chi connectivity index (χ2n) is 1.14. The third-order valence-electron chi connectivity index (χ3n) is 0.545. The molecule has 2 nitrogen and oxygen atoms in total. The topological polar surface area (TPSA) is 35.8 Å². The smallest absolute Gasteiger partial charge is 0.0912 e. The lowest BCUT2D eigenvalue weighted by Gasteiger charge is -1.77. The summed E-state index contributed by atoms with van der Waals surface area (Å²) in [5, 5.41) is 10.8. The number of allylic oxidation sites excluding steroid dienone is 3. The first-order valence-electron chi connectivity index (χ1n) is 2.30. The van der Waals surface area contributed by atoms with Crippen LogP contribution < -0.4 is 5.32 Å². The molecule has 0 rings (SSSR count). The fraction of sp³-hybridized carbons (Fsp3) is 0.167. The van der Waals surface area contributed by atoms with Gasteiger partial charge in [-0.3, -0.25) is 0 Å². The molecule has 0 aliphatic heterocycles. The Morgan fingerprint density at radius 2 is 2.25 bits per heavy atom. The van der Waals surface area contributed by atoms with Gasteiger partial charge in [-0.15, -0.1) is 0 Å². The third kappa shape index (κ3) is 4.77. The van der Waals surface area contributed by atoms with Gasteiger partial charge in [-0.1, -0.05) is 6.08 Å². The Kier molecular flexibility index (Phi) is 4.88. The van der Waals surface area contributed by atoms with Crippen molar-refractivity contribution in [2.45, 2.75) is 0 Å². The van der Waals surface area contributed by atoms with Crippen molar-refractivity contribution in [2.24, 2.45) is 0 Å². The molecular formula is C6H8N2. The van der Waals surface area contributed by atoms with Crippen LogP contribution in [-0.4, -0.2) is 7.05 Å². The highest BCUT2D eigenvalue weighted by atomic mass is 14.8. The maximum Gasteiger partial charge on any atom is 0.0912 e. The molecule has 2 heteroatoms. The summed E-state index contributed by atoms with van der Waals surface area (Å²) in [6, 6.07) is 1.87. The Labute approximate surface area is 49.1 Å². The van der Waals surface area contributed by atoms with Gasteiger partial charge in [-0.2, -0.15) is 5.26 Å². The fourth-order valence-corrected chi connectivity index (χ4v) is 0.250. The summed E-state index contributed by atoms with van der Waals surface area (Å²) in [5.74, 6) is 0. The molecule has 0 fully saturated rings. The lowest BCUT2D eigenvalue weighted by Crippen LogP contribution is -1.89. The van der Waals surface area contributed by atoms with Crippen LogP contribution in [0.2, 0.25) is 0 Å². The van der Waals surface area contributed by atoms with Crippen LogP contribution in [0.1, 0.15) is 0 Å². The zero-order valence-electron chi connectivity index (χ0n) is 4.76. The van der Waals surface area contributed by atoms with E-state index in [1.165, 1.54) is 6.08 Å². The second kappa shape index (κ2) is 5.77. The van der Waals surface area contributed by atoms with Gasteiger partial charge in [-0.25, -0.2) is 0 Å². The van der Waals surface area contributed by atoms with E-state index in [1.807, 2.05) is 6.07 Å². The number of nitrogens with one attached hydrogen (secondary N) is 1. The first-order chi connectivity index (χ1) is 3.91. The molecule has 0 bridgehead atoms. The van der Waals surface area contributed by atoms with Crippen LogP contribution in [0, 0.1) is 11.3 Å². The molecule has 0 aromatic carbocycles. The molecule has 0 aromatic rings. The first-order valence-corrected chi connectivity index (χ1v) is 2.30. The molecule has 0 radical (unpaired) electrons. The van der Waals surface area contributed by atoms with E-state index in [-0.39, 0.29) is 0 Å². The van der Waals surface area contributed by atoms with Gasteiger partial charge in [0.1, 0.15) is 0 Å². The number of nitrogens with zero attached hydrogens (tertiary/aromatic N) is 1. The lowest BCUT2D eigenvalue weighted by atomic mass is 10.5. The molecule has 0 saturated heterocycles. The van der Waals surface area contributed by atoms with E-state index in [4.69, 9.17) is 5.26 Å². The van der Waals surface area contributed by atoms with Gasteiger partial charge in [0, 0.05) is 13.1 Å². The summed E-state index contributed by atoms with van der Waals surface area (Å²) in [6.07, 6.45) is 6.57. The lowest BCUT2D eigenvalue weighted by molar-refractivity contribution is 1.10. The average Bonchev–Trinajstić information content (AvgIpc) is 1.81. The molecule has 0 unspecified atom stereocenters. The third-order valence-corrected chi connectivity index (χ3v) is 0.545. The van der Waals surface area contributed by atoms with Crippen molar-refractivity contribution in [3.05, 3.63) is 24.4 Å². The molecule has 0 heterocycles. The van der Waals surface area contributed by atoms with Gasteiger partial charge in [0.05, 0.1) is 6.07 Å². The number of rotatable bonds is 2. The SMILES string of the molecule is CN/C=C/C=C/C#N. The van der Waals surface area contributed by atoms with Crippen molar-refractivity contribution < 1.29 is 0 Å². The number of hydrogen-bond donors (Lipinski definition) is 1. The molecule has 0 amide bonds. The number of nitriles is 1. The Balaban J connectivity index is 3.31. The maximum atomic E-state index is 7.97. The van der Waals surface area contributed by atoms with Crippen molar-refractivity contribution in [1.29, 1.82) is 5.26 Å². The molecule has 8 heavy (non-hydrogen) atoms. The minimum Gasteiger partial charge on any atom is -0.394 e. The van der Waals surface area contributed by atoms with Crippen LogP contribution in [0.3, 0.4) is 0 Å². The minimum absolute atomic E-state index is 1.41. The van der Waals surface area contributed by atoms with Gasteiger partial charge in [-0.05, 0) is 12.3 Å². The van der Waals surface area contributed by atoms with E-state index in [0.717, 1.165) is 0 Å². The van der Waals surface area contributed by atoms with E-state index < -0.39 is 0 Å². The van der Waals surface area contributed by atoms with Gasteiger partial charge in [0.2, 0.25) is 0 Å². The van der Waals surface area contributed by atoms with Gasteiger partial charge in [0.15, 0.2) is 0 Å². The highest BCUT2D eigenvalue weighted by molar-refractivity contribution is 5.10. The molecule has 0 atom stereocenters. The zero-order valence-corrected chi connectivity index (χ0v) is 4.76. The molecule has 0 aromatic heterocycles. The van der Waals surface area contributed by atoms with Gasteiger partial charge in [0.25, 0.3) is 0 Å². The van der Waals surface area contributed by atoms with E-state index in [1.54, 1.807) is 25.4 Å². The summed E-state index contributed by atoms with van der Waals surface area (Å²) < 4.78 is 0. The van der Waals surface area contributed by atoms with Crippen molar-refractivity contribution >= 4 is 0 Å². The van der Waals surface area contributed by atoms with Crippen LogP contribution in [0.15, 0.2) is 24.4 Å². The van der Waals surface area contributed by atoms with Crippen molar-refractivity contribution in [1.82, 2.24) is 5.32 Å². The second-order valence-corrected chi connectivity index (χ2v) is 1.14. The quantitative estimate of drug-likeness (QED) is 0.419. The van der Waals surface area contributed by atoms with Crippen LogP contribution in [0.25, 0.3) is 0 Å². The Hall–Kier alpha value is -1.23. The van der Waals surface area contributed by atoms with Crippen LogP contribution in [0.5, 0.6) is 0 Å². The molecule has 42 valence electrons. The van der Waals surface area contributed by atoms with Crippen molar-refractivity contribution in [3.8, 4) is 6.07 Å². The highest BCUT2D eigenvalue weighted by Crippen LogP contribution is 1.70. The molecule has 0 spiro atoms. The van der Waals surface area contributed by atoms with E-state index in [9.17, 15) is 0 Å². The Morgan fingerprint density at radius 1 is 1.50 bits per heavy atom. The fourth-order valence-electron chi connectivity index (χ4n) is 0.250. The zero-order chi connectivity index (χ0) is 6.24. The van der Waals surface area contributed by atoms with E-state index in [0.29, 0.717) is 0 Å². The largest absolute Gasteiger partial charge is 0.394 e. The summed E-state index contributed by atoms with van der Waals surface area (Å²) in [6.45, 7) is 0. The molecule has 1 N–H and O–H groups in total. The van der Waals surface area contributed by atoms with Crippen LogP contribution in [0.4, 0.5) is 0 Å². The normalized spacial score (nSPS) is 10.0. The standard InChI is InChI=1S/C6H8N2/c1-8-6-4-2-3-5-7/h2-4,6,8H,1H3/b3-2+,6-4+. The highest BCUT2D eigenvalue weighted by Gasteiger charge is 1.58. The summed E-state index contributed by atoms with van der Waals surface area (Å²) in [7, 11) is 1.80. The predicted molar refractivity (Wildman–Crippen MR) is 33.0 cm³/mol. The minimum atomic E-state index is 1.41. The molecule has 0 saturated carbocycles. The molecule has 0 aliphatic rings. The summed E-state index contributed by atoms with van der Waals surface area (Å²) in [5.41, 5.74) is 0. The monoisotopic (exact) mass is 108 g/mol. The molecular weight excluding hydrogens is 100 g/mol. The van der Waals surface area contributed by atoms with Crippen molar-refractivity contribution in [3.63, 3.8) is 0 Å². The molecule has 0 aliphatic carbocycles. The van der Waals surface area contributed by atoms with Crippen molar-refractivity contribution in [2.75, 3.05) is 7.05 Å². The first kappa shape index (κ1) is 6.77. The summed E-state index contributed by atoms with van der Waals surface area (Å²) in [4.78, 5) is 0. The predicted octanol–water partition coefficient (Wildman–Crippen LogP) is 0.799.